The zero-order valence-corrected chi connectivity index (χ0v) is 16.3. The minimum Gasteiger partial charge on any atom is -0.461 e. The Bertz CT molecular complexity index is 825. The van der Waals surface area contributed by atoms with Crippen molar-refractivity contribution in [3.8, 4) is 0 Å². The number of carbonyl (C=O) groups excluding carboxylic acids is 2. The lowest BCUT2D eigenvalue weighted by Crippen LogP contribution is -2.34. The van der Waals surface area contributed by atoms with Crippen LogP contribution in [0.5, 0.6) is 0 Å². The van der Waals surface area contributed by atoms with Gasteiger partial charge in [0.25, 0.3) is 0 Å². The predicted octanol–water partition coefficient (Wildman–Crippen LogP) is 5.15. The number of ether oxygens (including phenoxy) is 2. The summed E-state index contributed by atoms with van der Waals surface area (Å²) in [5.74, 6) is -0.871. The van der Waals surface area contributed by atoms with Gasteiger partial charge in [-0.3, -0.25) is 0 Å². The van der Waals surface area contributed by atoms with Crippen molar-refractivity contribution in [3.63, 3.8) is 0 Å². The third-order valence-corrected chi connectivity index (χ3v) is 4.40. The van der Waals surface area contributed by atoms with E-state index in [1.165, 1.54) is 0 Å². The smallest absolute Gasteiger partial charge is 0.338 e. The second-order valence-corrected chi connectivity index (χ2v) is 6.61. The van der Waals surface area contributed by atoms with Crippen LogP contribution in [0.3, 0.4) is 0 Å². The molecule has 0 aliphatic rings. The molecule has 0 aromatic heterocycles. The van der Waals surface area contributed by atoms with E-state index in [1.54, 1.807) is 60.7 Å². The molecule has 148 valence electrons. The van der Waals surface area contributed by atoms with Crippen LogP contribution in [0.4, 0.5) is 0 Å². The maximum atomic E-state index is 12.4. The molecule has 0 aliphatic heterocycles. The molecule has 2 rings (SSSR count). The fourth-order valence-corrected chi connectivity index (χ4v) is 2.69. The lowest BCUT2D eigenvalue weighted by molar-refractivity contribution is -0.00384. The van der Waals surface area contributed by atoms with E-state index >= 15 is 0 Å². The highest BCUT2D eigenvalue weighted by Crippen LogP contribution is 2.30. The molecule has 0 aliphatic carbocycles. The van der Waals surface area contributed by atoms with E-state index in [9.17, 15) is 9.59 Å². The molecular weight excluding hydrogens is 364 g/mol. The first-order chi connectivity index (χ1) is 14.1. The average Bonchev–Trinajstić information content (AvgIpc) is 2.78. The van der Waals surface area contributed by atoms with Gasteiger partial charge in [0, 0.05) is 5.41 Å². The molecule has 0 amide bonds. The van der Waals surface area contributed by atoms with Crippen molar-refractivity contribution < 1.29 is 19.1 Å². The fourth-order valence-electron chi connectivity index (χ4n) is 2.69. The zero-order valence-electron chi connectivity index (χ0n) is 16.3. The largest absolute Gasteiger partial charge is 0.461 e. The Morgan fingerprint density at radius 1 is 0.759 bits per heavy atom. The highest BCUT2D eigenvalue weighted by molar-refractivity contribution is 5.89. The Hall–Kier alpha value is -3.58. The maximum absolute atomic E-state index is 12.4. The summed E-state index contributed by atoms with van der Waals surface area (Å²) in [4.78, 5) is 24.8. The molecule has 0 bridgehead atoms. The molecule has 2 aromatic rings. The van der Waals surface area contributed by atoms with Gasteiger partial charge < -0.3 is 9.47 Å². The van der Waals surface area contributed by atoms with Crippen LogP contribution in [0.25, 0.3) is 0 Å². The third kappa shape index (κ3) is 6.82. The molecule has 0 saturated carbocycles. The quantitative estimate of drug-likeness (QED) is 0.417. The summed E-state index contributed by atoms with van der Waals surface area (Å²) in [6.07, 6.45) is 4.39. The summed E-state index contributed by atoms with van der Waals surface area (Å²) in [5.41, 5.74) is 5.71. The Morgan fingerprint density at radius 2 is 1.14 bits per heavy atom. The topological polar surface area (TPSA) is 52.6 Å². The standard InChI is InChI=1S/C25H24O4/c1-3-5-17-25(18-6-4-2,19-28-23(26)21-13-9-7-10-14-21)20-29-24(27)22-15-11-8-12-16-22/h5-16H,1-2,17-20H2. The molecule has 0 heterocycles. The second kappa shape index (κ2) is 11.3. The van der Waals surface area contributed by atoms with Gasteiger partial charge in [-0.1, -0.05) is 49.6 Å². The minimum absolute atomic E-state index is 0.0547. The summed E-state index contributed by atoms with van der Waals surface area (Å²) in [5, 5.41) is 0. The molecule has 0 radical (unpaired) electrons. The van der Waals surface area contributed by atoms with Crippen LogP contribution in [-0.2, 0) is 9.47 Å². The van der Waals surface area contributed by atoms with E-state index in [1.807, 2.05) is 12.1 Å². The SMILES string of the molecule is C=C=CCC(CC=C=C)(COC(=O)c1ccccc1)COC(=O)c1ccccc1. The van der Waals surface area contributed by atoms with Gasteiger partial charge in [-0.2, -0.15) is 0 Å². The van der Waals surface area contributed by atoms with Crippen LogP contribution in [0.2, 0.25) is 0 Å². The van der Waals surface area contributed by atoms with Crippen LogP contribution >= 0.6 is 0 Å². The van der Waals surface area contributed by atoms with E-state index in [4.69, 9.17) is 9.47 Å². The van der Waals surface area contributed by atoms with Crippen LogP contribution in [-0.4, -0.2) is 25.2 Å². The molecule has 2 aromatic carbocycles. The first kappa shape index (κ1) is 21.7. The lowest BCUT2D eigenvalue weighted by atomic mass is 9.82. The average molecular weight is 388 g/mol. The van der Waals surface area contributed by atoms with Gasteiger partial charge in [0.2, 0.25) is 0 Å². The molecule has 0 atom stereocenters. The van der Waals surface area contributed by atoms with Gasteiger partial charge >= 0.3 is 11.9 Å². The second-order valence-electron chi connectivity index (χ2n) is 6.61. The fraction of sp³-hybridized carbons (Fsp3) is 0.200. The monoisotopic (exact) mass is 388 g/mol. The molecular formula is C25H24O4. The Morgan fingerprint density at radius 3 is 1.48 bits per heavy atom. The normalized spacial score (nSPS) is 10.2. The third-order valence-electron chi connectivity index (χ3n) is 4.40. The Kier molecular flexibility index (Phi) is 8.47. The molecule has 0 fully saturated rings. The van der Waals surface area contributed by atoms with E-state index in [0.717, 1.165) is 0 Å². The number of hydrogen-bond acceptors (Lipinski definition) is 4. The van der Waals surface area contributed by atoms with Gasteiger partial charge in [0.15, 0.2) is 0 Å². The van der Waals surface area contributed by atoms with Crippen molar-refractivity contribution in [1.29, 1.82) is 0 Å². The Labute approximate surface area is 171 Å². The first-order valence-electron chi connectivity index (χ1n) is 9.23. The van der Waals surface area contributed by atoms with Gasteiger partial charge in [-0.15, -0.1) is 11.5 Å². The van der Waals surface area contributed by atoms with Crippen LogP contribution in [0.1, 0.15) is 33.6 Å². The molecule has 0 N–H and O–H groups in total. The predicted molar refractivity (Wildman–Crippen MR) is 113 cm³/mol. The molecule has 0 saturated heterocycles. The number of esters is 2. The maximum Gasteiger partial charge on any atom is 0.338 e. The van der Waals surface area contributed by atoms with E-state index in [2.05, 4.69) is 24.6 Å². The summed E-state index contributed by atoms with van der Waals surface area (Å²) in [6, 6.07) is 17.5. The minimum atomic E-state index is -0.676. The van der Waals surface area contributed by atoms with Gasteiger partial charge in [0.1, 0.15) is 13.2 Å². The summed E-state index contributed by atoms with van der Waals surface area (Å²) in [7, 11) is 0. The summed E-state index contributed by atoms with van der Waals surface area (Å²) < 4.78 is 11.1. The highest BCUT2D eigenvalue weighted by Gasteiger charge is 2.32. The van der Waals surface area contributed by atoms with E-state index in [0.29, 0.717) is 24.0 Å². The van der Waals surface area contributed by atoms with Crippen molar-refractivity contribution in [2.45, 2.75) is 12.8 Å². The van der Waals surface area contributed by atoms with Crippen molar-refractivity contribution in [1.82, 2.24) is 0 Å². The molecule has 0 unspecified atom stereocenters. The van der Waals surface area contributed by atoms with Gasteiger partial charge in [-0.05, 0) is 49.3 Å². The van der Waals surface area contributed by atoms with Gasteiger partial charge in [-0.25, -0.2) is 9.59 Å². The van der Waals surface area contributed by atoms with Crippen molar-refractivity contribution in [2.24, 2.45) is 5.41 Å². The van der Waals surface area contributed by atoms with Crippen molar-refractivity contribution in [3.05, 3.63) is 109 Å². The summed E-state index contributed by atoms with van der Waals surface area (Å²) in [6.45, 7) is 7.30. The van der Waals surface area contributed by atoms with Gasteiger partial charge in [0.05, 0.1) is 11.1 Å². The molecule has 4 nitrogen and oxygen atoms in total. The lowest BCUT2D eigenvalue weighted by Gasteiger charge is -2.30. The Balaban J connectivity index is 2.16. The molecule has 29 heavy (non-hydrogen) atoms. The van der Waals surface area contributed by atoms with Crippen LogP contribution in [0.15, 0.2) is 97.4 Å². The number of rotatable bonds is 10. The number of allylic oxidation sites excluding steroid dienone is 2. The van der Waals surface area contributed by atoms with Crippen LogP contribution in [0, 0.1) is 5.41 Å². The number of hydrogen-bond donors (Lipinski definition) is 0. The van der Waals surface area contributed by atoms with E-state index in [-0.39, 0.29) is 13.2 Å². The summed E-state index contributed by atoms with van der Waals surface area (Å²) >= 11 is 0. The number of benzene rings is 2. The van der Waals surface area contributed by atoms with Crippen molar-refractivity contribution in [2.75, 3.05) is 13.2 Å². The first-order valence-corrected chi connectivity index (χ1v) is 9.23. The molecule has 0 spiro atoms. The van der Waals surface area contributed by atoms with Crippen LogP contribution < -0.4 is 0 Å². The van der Waals surface area contributed by atoms with E-state index < -0.39 is 17.4 Å². The zero-order chi connectivity index (χ0) is 21.0. The highest BCUT2D eigenvalue weighted by atomic mass is 16.5. The number of carbonyl (C=O) groups is 2. The van der Waals surface area contributed by atoms with Crippen molar-refractivity contribution >= 4 is 11.9 Å². The molecule has 4 heteroatoms.